The Labute approximate surface area is 226 Å². The number of hydrogen-bond donors (Lipinski definition) is 1. The van der Waals surface area contributed by atoms with Crippen LogP contribution in [0.3, 0.4) is 0 Å². The number of benzene rings is 2. The van der Waals surface area contributed by atoms with E-state index >= 15 is 0 Å². The van der Waals surface area contributed by atoms with Crippen molar-refractivity contribution in [3.63, 3.8) is 0 Å². The quantitative estimate of drug-likeness (QED) is 0.555. The summed E-state index contributed by atoms with van der Waals surface area (Å²) in [5.41, 5.74) is 4.87. The van der Waals surface area contributed by atoms with E-state index in [9.17, 15) is 5.11 Å². The first-order valence-electron chi connectivity index (χ1n) is 14.9. The highest BCUT2D eigenvalue weighted by molar-refractivity contribution is 5.61. The second-order valence-electron chi connectivity index (χ2n) is 13.2. The maximum Gasteiger partial charge on any atom is 0.138 e. The van der Waals surface area contributed by atoms with Gasteiger partial charge in [-0.2, -0.15) is 0 Å². The highest BCUT2D eigenvalue weighted by Crippen LogP contribution is 2.77. The topological polar surface area (TPSA) is 51.2 Å². The van der Waals surface area contributed by atoms with Crippen LogP contribution in [0.1, 0.15) is 54.4 Å². The zero-order valence-electron chi connectivity index (χ0n) is 22.8. The summed E-state index contributed by atoms with van der Waals surface area (Å²) in [5, 5.41) is 11.1. The van der Waals surface area contributed by atoms with Crippen molar-refractivity contribution in [1.82, 2.24) is 4.90 Å². The summed E-state index contributed by atoms with van der Waals surface area (Å²) in [5.74, 6) is 2.20. The van der Waals surface area contributed by atoms with Gasteiger partial charge in [-0.15, -0.1) is 0 Å². The lowest BCUT2D eigenvalue weighted by Gasteiger charge is -2.76. The van der Waals surface area contributed by atoms with Gasteiger partial charge in [-0.1, -0.05) is 42.5 Å². The van der Waals surface area contributed by atoms with Gasteiger partial charge in [0.15, 0.2) is 0 Å². The molecule has 5 fully saturated rings. The van der Waals surface area contributed by atoms with Crippen LogP contribution in [0.2, 0.25) is 0 Å². The predicted molar refractivity (Wildman–Crippen MR) is 145 cm³/mol. The first kappa shape index (κ1) is 23.9. The van der Waals surface area contributed by atoms with Crippen molar-refractivity contribution in [1.29, 1.82) is 0 Å². The molecule has 0 aromatic heterocycles. The molecule has 2 aliphatic heterocycles. The van der Waals surface area contributed by atoms with Crippen LogP contribution in [0.25, 0.3) is 0 Å². The SMILES string of the molecule is COC12CCC3([C@@H](COCc4ccccc4)[C@@H]1CO)[C@H]1Cc4ccc(C)c5c4[C@@]3(CCN1CC1CC1)[C@H]2O5. The molecule has 4 saturated carbocycles. The molecule has 7 aliphatic rings. The van der Waals surface area contributed by atoms with Crippen LogP contribution in [-0.4, -0.2) is 61.2 Å². The molecule has 5 heteroatoms. The number of methoxy groups -OCH3 is 1. The predicted octanol–water partition coefficient (Wildman–Crippen LogP) is 4.65. The fourth-order valence-corrected chi connectivity index (χ4v) is 10.4. The largest absolute Gasteiger partial charge is 0.486 e. The summed E-state index contributed by atoms with van der Waals surface area (Å²) >= 11 is 0. The molecule has 1 saturated heterocycles. The standard InChI is InChI=1S/C33H41NO4/c1-21-8-11-24-16-27-31-12-13-33(36-2,25(18-35)26(31)20-37-19-23-6-4-3-5-7-23)30-32(31,28(24)29(21)38-30)14-15-34(27)17-22-9-10-22/h3-8,11,22,25-27,30,35H,9-10,12-20H2,1-2H3/t25-,26-,27+,30+,31?,32-,33?/m0/s1. The highest BCUT2D eigenvalue weighted by Gasteiger charge is 2.83. The van der Waals surface area contributed by atoms with Gasteiger partial charge in [0.2, 0.25) is 0 Å². The Kier molecular flexibility index (Phi) is 5.22. The molecule has 5 aliphatic carbocycles. The van der Waals surface area contributed by atoms with Crippen LogP contribution in [-0.2, 0) is 27.9 Å². The first-order chi connectivity index (χ1) is 18.6. The third-order valence-electron chi connectivity index (χ3n) is 12.0. The van der Waals surface area contributed by atoms with Crippen LogP contribution in [0, 0.1) is 30.1 Å². The van der Waals surface area contributed by atoms with Crippen LogP contribution in [0.5, 0.6) is 5.75 Å². The number of aliphatic hydroxyl groups is 1. The van der Waals surface area contributed by atoms with Gasteiger partial charge < -0.3 is 19.3 Å². The van der Waals surface area contributed by atoms with Crippen molar-refractivity contribution in [2.45, 2.75) is 75.2 Å². The van der Waals surface area contributed by atoms with E-state index in [2.05, 4.69) is 54.3 Å². The molecule has 1 N–H and O–H groups in total. The van der Waals surface area contributed by atoms with Crippen molar-refractivity contribution in [2.75, 3.05) is 33.4 Å². The molecule has 2 aromatic rings. The lowest BCUT2D eigenvalue weighted by molar-refractivity contribution is -0.315. The minimum Gasteiger partial charge on any atom is -0.486 e. The number of rotatable bonds is 8. The van der Waals surface area contributed by atoms with E-state index in [1.54, 1.807) is 0 Å². The van der Waals surface area contributed by atoms with E-state index in [4.69, 9.17) is 14.2 Å². The highest BCUT2D eigenvalue weighted by atomic mass is 16.6. The number of fused-ring (bicyclic) bond motifs is 2. The molecule has 0 amide bonds. The summed E-state index contributed by atoms with van der Waals surface area (Å²) in [6.45, 7) is 5.94. The zero-order chi connectivity index (χ0) is 25.7. The normalized spacial score (nSPS) is 40.2. The fourth-order valence-electron chi connectivity index (χ4n) is 10.4. The van der Waals surface area contributed by atoms with Gasteiger partial charge in [0.05, 0.1) is 13.2 Å². The molecule has 5 nitrogen and oxygen atoms in total. The van der Waals surface area contributed by atoms with Crippen LogP contribution in [0.4, 0.5) is 0 Å². The van der Waals surface area contributed by atoms with Gasteiger partial charge in [-0.3, -0.25) is 4.90 Å². The Balaban J connectivity index is 1.29. The average Bonchev–Trinajstić information content (AvgIpc) is 3.69. The first-order valence-corrected chi connectivity index (χ1v) is 14.9. The van der Waals surface area contributed by atoms with E-state index < -0.39 is 5.60 Å². The van der Waals surface area contributed by atoms with E-state index in [0.29, 0.717) is 19.3 Å². The molecule has 2 aromatic carbocycles. The van der Waals surface area contributed by atoms with Crippen LogP contribution < -0.4 is 4.74 Å². The van der Waals surface area contributed by atoms with Gasteiger partial charge >= 0.3 is 0 Å². The minimum absolute atomic E-state index is 0.00492. The number of hydrogen-bond acceptors (Lipinski definition) is 5. The lowest BCUT2D eigenvalue weighted by Crippen LogP contribution is -2.84. The molecule has 2 unspecified atom stereocenters. The number of nitrogens with zero attached hydrogens (tertiary/aromatic N) is 1. The summed E-state index contributed by atoms with van der Waals surface area (Å²) < 4.78 is 20.3. The van der Waals surface area contributed by atoms with Gasteiger partial charge in [0.25, 0.3) is 0 Å². The van der Waals surface area contributed by atoms with Crippen molar-refractivity contribution in [3.8, 4) is 5.75 Å². The average molecular weight is 516 g/mol. The van der Waals surface area contributed by atoms with E-state index in [-0.39, 0.29) is 35.4 Å². The third kappa shape index (κ3) is 2.82. The molecule has 7 atom stereocenters. The summed E-state index contributed by atoms with van der Waals surface area (Å²) in [7, 11) is 1.86. The summed E-state index contributed by atoms with van der Waals surface area (Å²) in [6.07, 6.45) is 6.98. The summed E-state index contributed by atoms with van der Waals surface area (Å²) in [4.78, 5) is 2.87. The Morgan fingerprint density at radius 3 is 2.66 bits per heavy atom. The molecule has 4 bridgehead atoms. The number of ether oxygens (including phenoxy) is 3. The molecule has 2 heterocycles. The van der Waals surface area contributed by atoms with E-state index in [0.717, 1.165) is 43.9 Å². The number of aliphatic hydroxyl groups excluding tert-OH is 1. The van der Waals surface area contributed by atoms with Crippen molar-refractivity contribution in [3.05, 3.63) is 64.7 Å². The number of aryl methyl sites for hydroxylation is 1. The maximum atomic E-state index is 11.1. The third-order valence-corrected chi connectivity index (χ3v) is 12.0. The smallest absolute Gasteiger partial charge is 0.138 e. The van der Waals surface area contributed by atoms with Gasteiger partial charge in [-0.05, 0) is 80.5 Å². The van der Waals surface area contributed by atoms with Crippen molar-refractivity contribution in [2.24, 2.45) is 23.2 Å². The Bertz CT molecular complexity index is 1250. The molecule has 202 valence electrons. The van der Waals surface area contributed by atoms with Gasteiger partial charge in [0, 0.05) is 48.6 Å². The second kappa shape index (κ2) is 8.30. The maximum absolute atomic E-state index is 11.1. The lowest BCUT2D eigenvalue weighted by atomic mass is 9.32. The summed E-state index contributed by atoms with van der Waals surface area (Å²) in [6, 6.07) is 15.6. The fraction of sp³-hybridized carbons (Fsp3) is 0.636. The molecular formula is C33H41NO4. The Hall–Kier alpha value is -1.92. The van der Waals surface area contributed by atoms with Crippen molar-refractivity contribution < 1.29 is 19.3 Å². The van der Waals surface area contributed by atoms with Crippen LogP contribution in [0.15, 0.2) is 42.5 Å². The minimum atomic E-state index is -0.499. The monoisotopic (exact) mass is 515 g/mol. The van der Waals surface area contributed by atoms with Gasteiger partial charge in [-0.25, -0.2) is 0 Å². The number of likely N-dealkylation sites (tertiary alicyclic amines) is 1. The molecule has 9 rings (SSSR count). The molecule has 0 radical (unpaired) electrons. The Morgan fingerprint density at radius 2 is 1.89 bits per heavy atom. The van der Waals surface area contributed by atoms with Crippen LogP contribution >= 0.6 is 0 Å². The zero-order valence-corrected chi connectivity index (χ0v) is 22.8. The second-order valence-corrected chi connectivity index (χ2v) is 13.2. The molecule has 2 spiro atoms. The van der Waals surface area contributed by atoms with E-state index in [1.165, 1.54) is 41.6 Å². The Morgan fingerprint density at radius 1 is 1.05 bits per heavy atom. The molecular weight excluding hydrogens is 474 g/mol. The molecule has 38 heavy (non-hydrogen) atoms. The number of piperidine rings is 1. The van der Waals surface area contributed by atoms with Crippen molar-refractivity contribution >= 4 is 0 Å². The van der Waals surface area contributed by atoms with E-state index in [1.807, 2.05) is 7.11 Å². The van der Waals surface area contributed by atoms with Gasteiger partial charge in [0.1, 0.15) is 17.5 Å².